The van der Waals surface area contributed by atoms with Crippen molar-refractivity contribution >= 4 is 32.1 Å². The minimum Gasteiger partial charge on any atom is -0.496 e. The molecule has 0 amide bonds. The molecule has 0 unspecified atom stereocenters. The zero-order chi connectivity index (χ0) is 16.0. The van der Waals surface area contributed by atoms with Gasteiger partial charge in [-0.15, -0.1) is 10.6 Å². The Hall–Kier alpha value is -2.34. The summed E-state index contributed by atoms with van der Waals surface area (Å²) in [5, 5.41) is 2.12. The number of hydrogen-bond donors (Lipinski definition) is 2. The molecule has 5 heteroatoms. The van der Waals surface area contributed by atoms with Crippen molar-refractivity contribution < 1.29 is 13.8 Å². The molecular formula is C18H15NO3S. The number of aliphatic imine (C=N–C) groups is 1. The van der Waals surface area contributed by atoms with E-state index in [-0.39, 0.29) is 0 Å². The highest BCUT2D eigenvalue weighted by Crippen LogP contribution is 2.61. The third kappa shape index (κ3) is 2.13. The maximum atomic E-state index is 10.7. The molecule has 4 nitrogen and oxygen atoms in total. The van der Waals surface area contributed by atoms with E-state index in [0.29, 0.717) is 15.6 Å². The van der Waals surface area contributed by atoms with Crippen LogP contribution in [0.2, 0.25) is 0 Å². The summed E-state index contributed by atoms with van der Waals surface area (Å²) in [6.07, 6.45) is 0. The van der Waals surface area contributed by atoms with Crippen LogP contribution in [0.15, 0.2) is 70.6 Å². The second kappa shape index (κ2) is 5.09. The lowest BCUT2D eigenvalue weighted by molar-refractivity contribution is 0.420. The van der Waals surface area contributed by atoms with Gasteiger partial charge in [-0.25, -0.2) is 4.99 Å². The largest absolute Gasteiger partial charge is 0.496 e. The van der Waals surface area contributed by atoms with Crippen LogP contribution in [0.1, 0.15) is 5.56 Å². The van der Waals surface area contributed by atoms with Crippen molar-refractivity contribution in [2.24, 2.45) is 4.99 Å². The number of rotatable bonds is 2. The normalized spacial score (nSPS) is 16.7. The first kappa shape index (κ1) is 14.3. The van der Waals surface area contributed by atoms with Crippen molar-refractivity contribution in [2.45, 2.75) is 4.90 Å². The molecule has 0 aromatic heterocycles. The second-order valence-electron chi connectivity index (χ2n) is 5.33. The van der Waals surface area contributed by atoms with Gasteiger partial charge in [-0.3, -0.25) is 9.11 Å². The van der Waals surface area contributed by atoms with E-state index in [4.69, 9.17) is 4.74 Å². The Morgan fingerprint density at radius 1 is 0.957 bits per heavy atom. The van der Waals surface area contributed by atoms with Crippen LogP contribution >= 0.6 is 10.6 Å². The quantitative estimate of drug-likeness (QED) is 0.693. The third-order valence-electron chi connectivity index (χ3n) is 3.96. The molecule has 0 radical (unpaired) electrons. The Balaban J connectivity index is 1.96. The zero-order valence-electron chi connectivity index (χ0n) is 12.4. The van der Waals surface area contributed by atoms with Crippen LogP contribution < -0.4 is 4.74 Å². The van der Waals surface area contributed by atoms with E-state index in [2.05, 4.69) is 4.99 Å². The average Bonchev–Trinajstić information content (AvgIpc) is 2.84. The molecule has 2 N–H and O–H groups in total. The Kier molecular flexibility index (Phi) is 3.16. The summed E-state index contributed by atoms with van der Waals surface area (Å²) >= 11 is 0. The van der Waals surface area contributed by atoms with Crippen LogP contribution in [0, 0.1) is 0 Å². The molecule has 0 fully saturated rings. The number of hydrogen-bond acceptors (Lipinski definition) is 4. The van der Waals surface area contributed by atoms with Crippen molar-refractivity contribution in [2.75, 3.05) is 7.11 Å². The number of methoxy groups -OCH3 is 1. The van der Waals surface area contributed by atoms with Gasteiger partial charge >= 0.3 is 0 Å². The predicted molar refractivity (Wildman–Crippen MR) is 94.3 cm³/mol. The Morgan fingerprint density at radius 2 is 1.74 bits per heavy atom. The third-order valence-corrected chi connectivity index (χ3v) is 5.77. The van der Waals surface area contributed by atoms with Gasteiger partial charge in [0, 0.05) is 10.9 Å². The fraction of sp³-hybridized carbons (Fsp3) is 0.0556. The molecule has 0 saturated heterocycles. The van der Waals surface area contributed by atoms with Crippen LogP contribution in [0.25, 0.3) is 10.8 Å². The molecule has 3 aromatic rings. The minimum atomic E-state index is -3.10. The summed E-state index contributed by atoms with van der Waals surface area (Å²) in [5.74, 6) is 0.741. The van der Waals surface area contributed by atoms with Crippen molar-refractivity contribution in [3.05, 3.63) is 66.2 Å². The van der Waals surface area contributed by atoms with E-state index in [1.807, 2.05) is 54.6 Å². The highest BCUT2D eigenvalue weighted by molar-refractivity contribution is 8.37. The summed E-state index contributed by atoms with van der Waals surface area (Å²) in [4.78, 5) is 4.97. The number of benzene rings is 3. The first-order valence-corrected chi connectivity index (χ1v) is 8.69. The van der Waals surface area contributed by atoms with Gasteiger partial charge in [-0.1, -0.05) is 42.5 Å². The number of ether oxygens (including phenoxy) is 1. The van der Waals surface area contributed by atoms with Crippen LogP contribution in [-0.2, 0) is 0 Å². The van der Waals surface area contributed by atoms with Crippen molar-refractivity contribution in [1.82, 2.24) is 0 Å². The van der Waals surface area contributed by atoms with Crippen LogP contribution in [0.4, 0.5) is 5.69 Å². The molecule has 0 atom stereocenters. The maximum Gasteiger partial charge on any atom is 0.159 e. The molecule has 23 heavy (non-hydrogen) atoms. The molecule has 0 aliphatic carbocycles. The van der Waals surface area contributed by atoms with Crippen LogP contribution in [-0.4, -0.2) is 21.3 Å². The highest BCUT2D eigenvalue weighted by atomic mass is 32.3. The molecule has 3 aromatic carbocycles. The molecule has 1 aliphatic heterocycles. The Labute approximate surface area is 135 Å². The molecule has 0 saturated carbocycles. The minimum absolute atomic E-state index is 0.322. The number of fused-ring (bicyclic) bond motifs is 2. The second-order valence-corrected chi connectivity index (χ2v) is 7.26. The van der Waals surface area contributed by atoms with Gasteiger partial charge in [-0.2, -0.15) is 0 Å². The van der Waals surface area contributed by atoms with E-state index < -0.39 is 10.6 Å². The maximum absolute atomic E-state index is 10.7. The van der Waals surface area contributed by atoms with Crippen molar-refractivity contribution in [1.29, 1.82) is 0 Å². The van der Waals surface area contributed by atoms with Crippen molar-refractivity contribution in [3.63, 3.8) is 0 Å². The van der Waals surface area contributed by atoms with Gasteiger partial charge in [0.1, 0.15) is 5.75 Å². The van der Waals surface area contributed by atoms with Crippen LogP contribution in [0.5, 0.6) is 5.75 Å². The van der Waals surface area contributed by atoms with Crippen LogP contribution in [0.3, 0.4) is 0 Å². The first-order chi connectivity index (χ1) is 11.1. The summed E-state index contributed by atoms with van der Waals surface area (Å²) in [6.45, 7) is 0. The lowest BCUT2D eigenvalue weighted by Crippen LogP contribution is -2.08. The Morgan fingerprint density at radius 3 is 2.48 bits per heavy atom. The van der Waals surface area contributed by atoms with E-state index >= 15 is 0 Å². The summed E-state index contributed by atoms with van der Waals surface area (Å²) in [7, 11) is -1.48. The Bertz CT molecular complexity index is 936. The topological polar surface area (TPSA) is 62.0 Å². The molecule has 0 spiro atoms. The fourth-order valence-electron chi connectivity index (χ4n) is 2.84. The fourth-order valence-corrected chi connectivity index (χ4v) is 4.43. The van der Waals surface area contributed by atoms with Gasteiger partial charge in [-0.05, 0) is 23.6 Å². The monoisotopic (exact) mass is 325 g/mol. The summed E-state index contributed by atoms with van der Waals surface area (Å²) in [6, 6.07) is 18.6. The van der Waals surface area contributed by atoms with E-state index in [0.717, 1.165) is 22.1 Å². The van der Waals surface area contributed by atoms with Gasteiger partial charge in [0.05, 0.1) is 17.7 Å². The van der Waals surface area contributed by atoms with E-state index in [1.54, 1.807) is 13.2 Å². The lowest BCUT2D eigenvalue weighted by atomic mass is 10.1. The van der Waals surface area contributed by atoms with Gasteiger partial charge in [0.2, 0.25) is 0 Å². The van der Waals surface area contributed by atoms with Gasteiger partial charge in [0.15, 0.2) is 5.04 Å². The molecule has 1 aliphatic rings. The van der Waals surface area contributed by atoms with Crippen molar-refractivity contribution in [3.8, 4) is 5.75 Å². The highest BCUT2D eigenvalue weighted by Gasteiger charge is 2.33. The van der Waals surface area contributed by atoms with Gasteiger partial charge < -0.3 is 4.74 Å². The SMILES string of the molecule is COc1cccc2cc3c(cc12)N=C(c1ccccc1)S3(O)O. The number of nitrogens with zero attached hydrogens (tertiary/aromatic N) is 1. The molecule has 116 valence electrons. The van der Waals surface area contributed by atoms with E-state index in [1.165, 1.54) is 0 Å². The average molecular weight is 325 g/mol. The molecule has 1 heterocycles. The standard InChI is InChI=1S/C18H15NO3S/c1-22-16-9-5-8-13-10-17-15(11-14(13)16)19-18(23(17,20)21)12-6-3-2-4-7-12/h2-11,20-21H,1H3. The molecular weight excluding hydrogens is 310 g/mol. The molecule has 0 bridgehead atoms. The molecule has 4 rings (SSSR count). The summed E-state index contributed by atoms with van der Waals surface area (Å²) in [5.41, 5.74) is 1.31. The van der Waals surface area contributed by atoms with E-state index in [9.17, 15) is 9.11 Å². The zero-order valence-corrected chi connectivity index (χ0v) is 13.2. The first-order valence-electron chi connectivity index (χ1n) is 7.14. The summed E-state index contributed by atoms with van der Waals surface area (Å²) < 4.78 is 26.8. The van der Waals surface area contributed by atoms with Gasteiger partial charge in [0.25, 0.3) is 0 Å². The smallest absolute Gasteiger partial charge is 0.159 e. The predicted octanol–water partition coefficient (Wildman–Crippen LogP) is 5.05. The lowest BCUT2D eigenvalue weighted by Gasteiger charge is -2.29.